The molecule has 0 atom stereocenters. The van der Waals surface area contributed by atoms with Gasteiger partial charge in [-0.1, -0.05) is 12.1 Å². The first-order valence-electron chi connectivity index (χ1n) is 6.36. The van der Waals surface area contributed by atoms with Crippen molar-refractivity contribution in [1.82, 2.24) is 25.9 Å². The topological polar surface area (TPSA) is 115 Å². The normalized spacial score (nSPS) is 14.2. The van der Waals surface area contributed by atoms with Crippen LogP contribution in [0.4, 0.5) is 5.69 Å². The standard InChI is InChI=1S/C13H12N8/c14-7-10(13-18-20-21-19-13)8-17-11-3-1-2-9(6-11)12-15-4-5-16-12/h1-3,6,8,17H,4-5H2,(H,15,16)(H,18,19,20,21). The van der Waals surface area contributed by atoms with Crippen molar-refractivity contribution in [2.24, 2.45) is 4.99 Å². The SMILES string of the molecule is N#CC(=CNc1cccc(C2=NCCN2)c1)c1nn[nH]n1. The molecule has 1 aromatic heterocycles. The van der Waals surface area contributed by atoms with E-state index < -0.39 is 0 Å². The van der Waals surface area contributed by atoms with Gasteiger partial charge < -0.3 is 10.6 Å². The third kappa shape index (κ3) is 2.87. The lowest BCUT2D eigenvalue weighted by atomic mass is 10.2. The Balaban J connectivity index is 1.79. The van der Waals surface area contributed by atoms with Crippen LogP contribution < -0.4 is 10.6 Å². The van der Waals surface area contributed by atoms with Crippen molar-refractivity contribution in [3.63, 3.8) is 0 Å². The third-order valence-electron chi connectivity index (χ3n) is 2.90. The summed E-state index contributed by atoms with van der Waals surface area (Å²) in [6.07, 6.45) is 1.55. The minimum absolute atomic E-state index is 0.253. The van der Waals surface area contributed by atoms with Gasteiger partial charge in [-0.05, 0) is 17.3 Å². The van der Waals surface area contributed by atoms with E-state index in [-0.39, 0.29) is 5.82 Å². The molecule has 0 radical (unpaired) electrons. The second-order valence-electron chi connectivity index (χ2n) is 4.29. The Labute approximate surface area is 120 Å². The predicted molar refractivity (Wildman–Crippen MR) is 77.2 cm³/mol. The molecule has 0 unspecified atom stereocenters. The minimum Gasteiger partial charge on any atom is -0.368 e. The van der Waals surface area contributed by atoms with Crippen LogP contribution in [0.15, 0.2) is 35.5 Å². The van der Waals surface area contributed by atoms with Gasteiger partial charge >= 0.3 is 0 Å². The Morgan fingerprint density at radius 1 is 1.43 bits per heavy atom. The summed E-state index contributed by atoms with van der Waals surface area (Å²) in [4.78, 5) is 4.38. The molecule has 0 fully saturated rings. The number of aromatic nitrogens is 4. The molecule has 0 aliphatic carbocycles. The zero-order valence-corrected chi connectivity index (χ0v) is 11.0. The molecule has 1 aliphatic rings. The van der Waals surface area contributed by atoms with E-state index in [9.17, 15) is 0 Å². The average Bonchev–Trinajstić information content (AvgIpc) is 3.22. The number of benzene rings is 1. The average molecular weight is 280 g/mol. The van der Waals surface area contributed by atoms with Crippen molar-refractivity contribution in [1.29, 1.82) is 5.26 Å². The molecule has 21 heavy (non-hydrogen) atoms. The zero-order valence-electron chi connectivity index (χ0n) is 11.0. The number of nitrogens with one attached hydrogen (secondary N) is 3. The Morgan fingerprint density at radius 2 is 2.38 bits per heavy atom. The quantitative estimate of drug-likeness (QED) is 0.704. The molecule has 1 aromatic carbocycles. The Hall–Kier alpha value is -3.21. The van der Waals surface area contributed by atoms with Gasteiger partial charge in [0.15, 0.2) is 0 Å². The molecule has 2 heterocycles. The fraction of sp³-hybridized carbons (Fsp3) is 0.154. The molecule has 8 nitrogen and oxygen atoms in total. The first-order valence-corrected chi connectivity index (χ1v) is 6.36. The van der Waals surface area contributed by atoms with Crippen LogP contribution in [0, 0.1) is 11.3 Å². The summed E-state index contributed by atoms with van der Waals surface area (Å²) in [5.74, 6) is 1.14. The van der Waals surface area contributed by atoms with Crippen LogP contribution in [0.2, 0.25) is 0 Å². The Bertz CT molecular complexity index is 723. The maximum absolute atomic E-state index is 9.09. The summed E-state index contributed by atoms with van der Waals surface area (Å²) < 4.78 is 0. The number of amidine groups is 1. The van der Waals surface area contributed by atoms with Crippen LogP contribution in [0.5, 0.6) is 0 Å². The van der Waals surface area contributed by atoms with Gasteiger partial charge in [0.25, 0.3) is 0 Å². The number of anilines is 1. The summed E-state index contributed by atoms with van der Waals surface area (Å²) in [6.45, 7) is 1.66. The first-order chi connectivity index (χ1) is 10.4. The van der Waals surface area contributed by atoms with Gasteiger partial charge in [0.2, 0.25) is 5.82 Å². The highest BCUT2D eigenvalue weighted by atomic mass is 15.5. The monoisotopic (exact) mass is 280 g/mol. The van der Waals surface area contributed by atoms with Crippen molar-refractivity contribution < 1.29 is 0 Å². The Kier molecular flexibility index (Phi) is 3.56. The van der Waals surface area contributed by atoms with E-state index in [1.807, 2.05) is 30.3 Å². The smallest absolute Gasteiger partial charge is 0.216 e. The van der Waals surface area contributed by atoms with Crippen LogP contribution in [0.3, 0.4) is 0 Å². The Morgan fingerprint density at radius 3 is 3.10 bits per heavy atom. The van der Waals surface area contributed by atoms with Gasteiger partial charge in [-0.2, -0.15) is 10.5 Å². The maximum atomic E-state index is 9.09. The maximum Gasteiger partial charge on any atom is 0.216 e. The molecule has 0 saturated heterocycles. The molecule has 0 spiro atoms. The van der Waals surface area contributed by atoms with Crippen LogP contribution in [0.25, 0.3) is 5.57 Å². The van der Waals surface area contributed by atoms with Crippen LogP contribution in [-0.4, -0.2) is 39.5 Å². The van der Waals surface area contributed by atoms with E-state index in [1.54, 1.807) is 6.20 Å². The van der Waals surface area contributed by atoms with Crippen LogP contribution in [0.1, 0.15) is 11.4 Å². The minimum atomic E-state index is 0.253. The fourth-order valence-corrected chi connectivity index (χ4v) is 1.93. The molecular formula is C13H12N8. The zero-order chi connectivity index (χ0) is 14.5. The molecule has 8 heteroatoms. The second-order valence-corrected chi connectivity index (χ2v) is 4.29. The highest BCUT2D eigenvalue weighted by Crippen LogP contribution is 2.14. The van der Waals surface area contributed by atoms with Crippen LogP contribution >= 0.6 is 0 Å². The lowest BCUT2D eigenvalue weighted by Gasteiger charge is -2.06. The number of H-pyrrole nitrogens is 1. The highest BCUT2D eigenvalue weighted by Gasteiger charge is 2.08. The van der Waals surface area contributed by atoms with Gasteiger partial charge in [-0.15, -0.1) is 10.2 Å². The second kappa shape index (κ2) is 5.83. The number of aliphatic imine (C=N–C) groups is 1. The summed E-state index contributed by atoms with van der Waals surface area (Å²) in [5, 5.41) is 28.7. The van der Waals surface area contributed by atoms with Gasteiger partial charge in [0.05, 0.1) is 6.54 Å². The number of tetrazole rings is 1. The van der Waals surface area contributed by atoms with Crippen molar-refractivity contribution in [2.45, 2.75) is 0 Å². The molecule has 2 aromatic rings. The van der Waals surface area contributed by atoms with E-state index in [1.165, 1.54) is 0 Å². The fourth-order valence-electron chi connectivity index (χ4n) is 1.93. The molecule has 0 saturated carbocycles. The number of nitriles is 1. The lowest BCUT2D eigenvalue weighted by molar-refractivity contribution is 0.881. The van der Waals surface area contributed by atoms with E-state index >= 15 is 0 Å². The number of nitrogens with zero attached hydrogens (tertiary/aromatic N) is 5. The van der Waals surface area contributed by atoms with Gasteiger partial charge in [0, 0.05) is 24.0 Å². The third-order valence-corrected chi connectivity index (χ3v) is 2.90. The summed E-state index contributed by atoms with van der Waals surface area (Å²) >= 11 is 0. The molecule has 3 N–H and O–H groups in total. The summed E-state index contributed by atoms with van der Waals surface area (Å²) in [5.41, 5.74) is 2.15. The van der Waals surface area contributed by atoms with Crippen LogP contribution in [-0.2, 0) is 0 Å². The first kappa shape index (κ1) is 12.8. The van der Waals surface area contributed by atoms with E-state index in [4.69, 9.17) is 5.26 Å². The molecule has 1 aliphatic heterocycles. The highest BCUT2D eigenvalue weighted by molar-refractivity contribution is 6.00. The van der Waals surface area contributed by atoms with Gasteiger partial charge in [-0.3, -0.25) is 4.99 Å². The molecule has 0 amide bonds. The largest absolute Gasteiger partial charge is 0.368 e. The van der Waals surface area contributed by atoms with Crippen molar-refractivity contribution in [3.8, 4) is 6.07 Å². The number of hydrogen-bond acceptors (Lipinski definition) is 7. The molecule has 104 valence electrons. The number of aromatic amines is 1. The van der Waals surface area contributed by atoms with Crippen molar-refractivity contribution in [3.05, 3.63) is 41.9 Å². The van der Waals surface area contributed by atoms with E-state index in [0.29, 0.717) is 5.57 Å². The predicted octanol–water partition coefficient (Wildman–Crippen LogP) is 0.526. The molecule has 3 rings (SSSR count). The molecule has 0 bridgehead atoms. The van der Waals surface area contributed by atoms with Crippen molar-refractivity contribution in [2.75, 3.05) is 18.4 Å². The summed E-state index contributed by atoms with van der Waals surface area (Å²) in [7, 11) is 0. The summed E-state index contributed by atoms with van der Waals surface area (Å²) in [6, 6.07) is 9.79. The van der Waals surface area contributed by atoms with Crippen molar-refractivity contribution >= 4 is 17.1 Å². The molecular weight excluding hydrogens is 268 g/mol. The number of allylic oxidation sites excluding steroid dienone is 1. The van der Waals surface area contributed by atoms with E-state index in [0.717, 1.165) is 30.2 Å². The van der Waals surface area contributed by atoms with Gasteiger partial charge in [0.1, 0.15) is 17.5 Å². The van der Waals surface area contributed by atoms with E-state index in [2.05, 4.69) is 36.3 Å². The lowest BCUT2D eigenvalue weighted by Crippen LogP contribution is -2.19. The number of hydrogen-bond donors (Lipinski definition) is 3. The number of rotatable bonds is 4. The van der Waals surface area contributed by atoms with Gasteiger partial charge in [-0.25, -0.2) is 0 Å².